The molecule has 1 aliphatic heterocycles. The van der Waals surface area contributed by atoms with E-state index in [1.165, 1.54) is 0 Å². The van der Waals surface area contributed by atoms with Gasteiger partial charge in [0.25, 0.3) is 0 Å². The summed E-state index contributed by atoms with van der Waals surface area (Å²) in [5.74, 6) is 1.01. The van der Waals surface area contributed by atoms with Crippen LogP contribution in [0, 0.1) is 0 Å². The Morgan fingerprint density at radius 2 is 2.12 bits per heavy atom. The topological polar surface area (TPSA) is 103 Å². The quantitative estimate of drug-likeness (QED) is 0.725. The van der Waals surface area contributed by atoms with Crippen molar-refractivity contribution >= 4 is 28.6 Å². The maximum atomic E-state index is 13.9. The van der Waals surface area contributed by atoms with E-state index < -0.39 is 12.2 Å². The summed E-state index contributed by atoms with van der Waals surface area (Å²) in [7, 11) is 1.84. The average molecular weight is 359 g/mol. The maximum Gasteiger partial charge on any atom is 0.229 e. The normalized spacial score (nSPS) is 20.5. The summed E-state index contributed by atoms with van der Waals surface area (Å²) < 4.78 is 17.6. The molecule has 1 aliphatic rings. The van der Waals surface area contributed by atoms with E-state index in [1.54, 1.807) is 22.1 Å². The third kappa shape index (κ3) is 2.85. The van der Waals surface area contributed by atoms with Crippen molar-refractivity contribution < 1.29 is 4.39 Å². The lowest BCUT2D eigenvalue weighted by Gasteiger charge is -2.17. The van der Waals surface area contributed by atoms with Crippen LogP contribution in [0.15, 0.2) is 18.7 Å². The van der Waals surface area contributed by atoms with Crippen LogP contribution in [0.3, 0.4) is 0 Å². The van der Waals surface area contributed by atoms with Gasteiger partial charge in [-0.15, -0.1) is 0 Å². The minimum absolute atomic E-state index is 0.184. The van der Waals surface area contributed by atoms with Crippen LogP contribution in [0.2, 0.25) is 0 Å². The molecular weight excluding hydrogens is 337 g/mol. The minimum Gasteiger partial charge on any atom is -0.336 e. The number of imidazole rings is 1. The molecule has 0 aromatic carbocycles. The number of nitrogens with two attached hydrogens (primary N) is 1. The molecule has 3 aromatic heterocycles. The van der Waals surface area contributed by atoms with Crippen molar-refractivity contribution in [3.8, 4) is 0 Å². The number of nitrogens with zero attached hydrogens (tertiary/aromatic N) is 7. The Balaban J connectivity index is 1.80. The number of hydrogen-bond donors (Lipinski definition) is 2. The van der Waals surface area contributed by atoms with Gasteiger partial charge in [-0.2, -0.15) is 15.1 Å². The van der Waals surface area contributed by atoms with E-state index in [2.05, 4.69) is 39.2 Å². The number of aromatic nitrogens is 6. The molecule has 1 saturated heterocycles. The molecule has 4 rings (SSSR count). The number of aryl methyl sites for hydroxylation is 1. The predicted molar refractivity (Wildman–Crippen MR) is 97.3 cm³/mol. The second-order valence-corrected chi connectivity index (χ2v) is 6.90. The largest absolute Gasteiger partial charge is 0.336 e. The van der Waals surface area contributed by atoms with E-state index in [0.29, 0.717) is 29.5 Å². The van der Waals surface area contributed by atoms with Crippen molar-refractivity contribution in [1.82, 2.24) is 29.3 Å². The fraction of sp³-hybridized carbons (Fsp3) is 0.500. The van der Waals surface area contributed by atoms with Crippen LogP contribution in [-0.4, -0.2) is 54.6 Å². The number of rotatable bonds is 4. The molecule has 138 valence electrons. The molecule has 0 unspecified atom stereocenters. The first-order valence-electron chi connectivity index (χ1n) is 8.57. The third-order valence-electron chi connectivity index (χ3n) is 4.51. The summed E-state index contributed by atoms with van der Waals surface area (Å²) in [6.07, 6.45) is 4.21. The SMILES string of the molecule is CC(C)n1cnc2c(Nc3cnn(C)c3)nc(N3C[C@H](N)[C@@H](F)C3)nc21. The molecule has 1 fully saturated rings. The maximum absolute atomic E-state index is 13.9. The van der Waals surface area contributed by atoms with E-state index in [-0.39, 0.29) is 12.6 Å². The summed E-state index contributed by atoms with van der Waals surface area (Å²) >= 11 is 0. The zero-order chi connectivity index (χ0) is 18.4. The van der Waals surface area contributed by atoms with Gasteiger partial charge >= 0.3 is 0 Å². The van der Waals surface area contributed by atoms with E-state index in [0.717, 1.165) is 5.69 Å². The Morgan fingerprint density at radius 1 is 1.31 bits per heavy atom. The van der Waals surface area contributed by atoms with Gasteiger partial charge in [0.05, 0.1) is 30.8 Å². The molecule has 0 radical (unpaired) electrons. The molecule has 0 aliphatic carbocycles. The Morgan fingerprint density at radius 3 is 2.73 bits per heavy atom. The van der Waals surface area contributed by atoms with Crippen LogP contribution >= 0.6 is 0 Å². The smallest absolute Gasteiger partial charge is 0.229 e. The van der Waals surface area contributed by atoms with Crippen molar-refractivity contribution in [2.24, 2.45) is 12.8 Å². The molecule has 0 amide bonds. The number of nitrogens with one attached hydrogen (secondary N) is 1. The molecule has 26 heavy (non-hydrogen) atoms. The van der Waals surface area contributed by atoms with Gasteiger partial charge in [-0.3, -0.25) is 4.68 Å². The zero-order valence-electron chi connectivity index (χ0n) is 15.0. The van der Waals surface area contributed by atoms with E-state index in [1.807, 2.05) is 17.8 Å². The number of halogens is 1. The van der Waals surface area contributed by atoms with Gasteiger partial charge in [-0.1, -0.05) is 0 Å². The molecule has 2 atom stereocenters. The highest BCUT2D eigenvalue weighted by atomic mass is 19.1. The van der Waals surface area contributed by atoms with Crippen LogP contribution in [0.4, 0.5) is 21.8 Å². The molecule has 0 spiro atoms. The fourth-order valence-electron chi connectivity index (χ4n) is 3.09. The summed E-state index contributed by atoms with van der Waals surface area (Å²) in [4.78, 5) is 15.5. The van der Waals surface area contributed by atoms with E-state index in [9.17, 15) is 4.39 Å². The Kier molecular flexibility index (Phi) is 3.98. The molecule has 4 heterocycles. The van der Waals surface area contributed by atoms with Gasteiger partial charge in [-0.25, -0.2) is 9.37 Å². The third-order valence-corrected chi connectivity index (χ3v) is 4.51. The number of anilines is 3. The van der Waals surface area contributed by atoms with Gasteiger partial charge in [0.1, 0.15) is 6.17 Å². The highest BCUT2D eigenvalue weighted by Crippen LogP contribution is 2.28. The van der Waals surface area contributed by atoms with Crippen LogP contribution in [0.1, 0.15) is 19.9 Å². The first kappa shape index (κ1) is 16.7. The van der Waals surface area contributed by atoms with Gasteiger partial charge in [0.2, 0.25) is 5.95 Å². The summed E-state index contributed by atoms with van der Waals surface area (Å²) in [6.45, 7) is 4.69. The Hall–Kier alpha value is -2.75. The average Bonchev–Trinajstić information content (AvgIpc) is 3.27. The van der Waals surface area contributed by atoms with Crippen molar-refractivity contribution in [1.29, 1.82) is 0 Å². The highest BCUT2D eigenvalue weighted by molar-refractivity contribution is 5.86. The van der Waals surface area contributed by atoms with Gasteiger partial charge in [-0.05, 0) is 13.8 Å². The summed E-state index contributed by atoms with van der Waals surface area (Å²) in [5.41, 5.74) is 7.98. The lowest BCUT2D eigenvalue weighted by atomic mass is 10.3. The van der Waals surface area contributed by atoms with Crippen LogP contribution in [-0.2, 0) is 7.05 Å². The van der Waals surface area contributed by atoms with Crippen molar-refractivity contribution in [3.63, 3.8) is 0 Å². The standard InChI is InChI=1S/C16H22FN9/c1-9(2)26-8-19-13-14(21-10-4-20-24(3)5-10)22-16(23-15(13)26)25-6-11(17)12(18)7-25/h4-5,8-9,11-12H,6-7,18H2,1-3H3,(H,21,22,23)/t11-,12-/m0/s1. The first-order valence-corrected chi connectivity index (χ1v) is 8.57. The first-order chi connectivity index (χ1) is 12.4. The van der Waals surface area contributed by atoms with Gasteiger partial charge < -0.3 is 20.5 Å². The molecule has 10 heteroatoms. The van der Waals surface area contributed by atoms with Gasteiger partial charge in [0.15, 0.2) is 17.0 Å². The number of fused-ring (bicyclic) bond motifs is 1. The Bertz CT molecular complexity index is 921. The van der Waals surface area contributed by atoms with E-state index >= 15 is 0 Å². The molecule has 3 aromatic rings. The van der Waals surface area contributed by atoms with Crippen molar-refractivity contribution in [3.05, 3.63) is 18.7 Å². The van der Waals surface area contributed by atoms with Crippen LogP contribution in [0.25, 0.3) is 11.2 Å². The minimum atomic E-state index is -1.08. The Labute approximate surface area is 150 Å². The molecule has 9 nitrogen and oxygen atoms in total. The number of hydrogen-bond acceptors (Lipinski definition) is 7. The monoisotopic (exact) mass is 359 g/mol. The van der Waals surface area contributed by atoms with Crippen molar-refractivity contribution in [2.45, 2.75) is 32.1 Å². The molecule has 0 saturated carbocycles. The summed E-state index contributed by atoms with van der Waals surface area (Å²) in [6, 6.07) is -0.345. The van der Waals surface area contributed by atoms with Crippen LogP contribution < -0.4 is 16.0 Å². The number of alkyl halides is 1. The van der Waals surface area contributed by atoms with Gasteiger partial charge in [0, 0.05) is 25.8 Å². The second kappa shape index (κ2) is 6.20. The van der Waals surface area contributed by atoms with E-state index in [4.69, 9.17) is 5.73 Å². The molecule has 3 N–H and O–H groups in total. The molecule has 0 bridgehead atoms. The predicted octanol–water partition coefficient (Wildman–Crippen LogP) is 1.37. The fourth-order valence-corrected chi connectivity index (χ4v) is 3.09. The zero-order valence-corrected chi connectivity index (χ0v) is 15.0. The highest BCUT2D eigenvalue weighted by Gasteiger charge is 2.32. The summed E-state index contributed by atoms with van der Waals surface area (Å²) in [5, 5.41) is 7.40. The van der Waals surface area contributed by atoms with Crippen LogP contribution in [0.5, 0.6) is 0 Å². The second-order valence-electron chi connectivity index (χ2n) is 6.90. The lowest BCUT2D eigenvalue weighted by Crippen LogP contribution is -2.30. The van der Waals surface area contributed by atoms with Crippen molar-refractivity contribution in [2.75, 3.05) is 23.3 Å². The molecular formula is C16H22FN9. The lowest BCUT2D eigenvalue weighted by molar-refractivity contribution is 0.333.